The molecule has 2 atom stereocenters. The van der Waals surface area contributed by atoms with Gasteiger partial charge in [-0.1, -0.05) is 6.42 Å². The summed E-state index contributed by atoms with van der Waals surface area (Å²) in [5, 5.41) is 9.03. The Balaban J connectivity index is 2.37. The first kappa shape index (κ1) is 15.7. The summed E-state index contributed by atoms with van der Waals surface area (Å²) in [5.74, 6) is 0.00720. The van der Waals surface area contributed by atoms with Crippen molar-refractivity contribution in [3.8, 4) is 0 Å². The monoisotopic (exact) mass is 290 g/mol. The molecule has 0 aromatic heterocycles. The van der Waals surface area contributed by atoms with Crippen LogP contribution in [0, 0.1) is 11.8 Å². The molecule has 9 heteroatoms. The summed E-state index contributed by atoms with van der Waals surface area (Å²) in [6.45, 7) is -1.56. The summed E-state index contributed by atoms with van der Waals surface area (Å²) in [6.07, 6.45) is -2.09. The molecule has 0 amide bonds. The summed E-state index contributed by atoms with van der Waals surface area (Å²) in [7, 11) is -4.14. The third kappa shape index (κ3) is 5.51. The van der Waals surface area contributed by atoms with Gasteiger partial charge in [0.1, 0.15) is 6.54 Å². The second-order valence-corrected chi connectivity index (χ2v) is 6.01. The number of alkyl halides is 3. The number of halogens is 3. The zero-order valence-corrected chi connectivity index (χ0v) is 10.5. The third-order valence-electron chi connectivity index (χ3n) is 3.05. The molecule has 0 spiro atoms. The Hall–Kier alpha value is -0.380. The zero-order chi connectivity index (χ0) is 13.8. The lowest BCUT2D eigenvalue weighted by atomic mass is 9.97. The van der Waals surface area contributed by atoms with Gasteiger partial charge in [0.05, 0.1) is 0 Å². The van der Waals surface area contributed by atoms with Gasteiger partial charge in [0, 0.05) is 13.2 Å². The van der Waals surface area contributed by atoms with Crippen molar-refractivity contribution in [2.24, 2.45) is 11.8 Å². The van der Waals surface area contributed by atoms with Crippen molar-refractivity contribution >= 4 is 10.2 Å². The first-order valence-corrected chi connectivity index (χ1v) is 7.13. The fourth-order valence-corrected chi connectivity index (χ4v) is 2.96. The summed E-state index contributed by atoms with van der Waals surface area (Å²) in [6, 6.07) is 0. The van der Waals surface area contributed by atoms with E-state index in [2.05, 4.69) is 4.72 Å². The topological polar surface area (TPSA) is 78.4 Å². The Labute approximate surface area is 104 Å². The molecule has 0 aromatic carbocycles. The van der Waals surface area contributed by atoms with Crippen LogP contribution < -0.4 is 9.44 Å². The lowest BCUT2D eigenvalue weighted by Gasteiger charge is -2.18. The van der Waals surface area contributed by atoms with Gasteiger partial charge in [0.25, 0.3) is 10.2 Å². The molecular formula is C9H17F3N2O3S. The van der Waals surface area contributed by atoms with Crippen molar-refractivity contribution in [1.82, 2.24) is 9.44 Å². The Morgan fingerprint density at radius 1 is 1.17 bits per heavy atom. The smallest absolute Gasteiger partial charge is 0.396 e. The van der Waals surface area contributed by atoms with Crippen molar-refractivity contribution in [1.29, 1.82) is 0 Å². The van der Waals surface area contributed by atoms with E-state index in [0.717, 1.165) is 19.3 Å². The normalized spacial score (nSPS) is 25.6. The molecule has 1 aliphatic rings. The van der Waals surface area contributed by atoms with E-state index in [4.69, 9.17) is 5.11 Å². The number of nitrogens with one attached hydrogen (secondary N) is 2. The first-order valence-electron chi connectivity index (χ1n) is 5.65. The van der Waals surface area contributed by atoms with Crippen LogP contribution in [-0.4, -0.2) is 39.4 Å². The van der Waals surface area contributed by atoms with Crippen LogP contribution in [0.1, 0.15) is 19.3 Å². The van der Waals surface area contributed by atoms with Crippen molar-refractivity contribution in [3.05, 3.63) is 0 Å². The van der Waals surface area contributed by atoms with E-state index < -0.39 is 22.9 Å². The Morgan fingerprint density at radius 3 is 2.33 bits per heavy atom. The molecule has 0 radical (unpaired) electrons. The molecule has 1 fully saturated rings. The minimum absolute atomic E-state index is 0.0162. The minimum Gasteiger partial charge on any atom is -0.396 e. The Morgan fingerprint density at radius 2 is 1.78 bits per heavy atom. The van der Waals surface area contributed by atoms with Gasteiger partial charge in [0.2, 0.25) is 0 Å². The highest BCUT2D eigenvalue weighted by Crippen LogP contribution is 2.30. The molecule has 1 saturated carbocycles. The number of hydrogen-bond donors (Lipinski definition) is 3. The quantitative estimate of drug-likeness (QED) is 0.662. The van der Waals surface area contributed by atoms with Gasteiger partial charge in [-0.25, -0.2) is 4.72 Å². The molecule has 2 unspecified atom stereocenters. The second kappa shape index (κ2) is 6.18. The van der Waals surface area contributed by atoms with Gasteiger partial charge < -0.3 is 5.11 Å². The third-order valence-corrected chi connectivity index (χ3v) is 4.12. The molecule has 0 heterocycles. The summed E-state index contributed by atoms with van der Waals surface area (Å²) in [5.41, 5.74) is 0. The largest absolute Gasteiger partial charge is 0.402 e. The molecule has 108 valence electrons. The van der Waals surface area contributed by atoms with E-state index in [-0.39, 0.29) is 25.0 Å². The van der Waals surface area contributed by atoms with Crippen LogP contribution in [0.3, 0.4) is 0 Å². The lowest BCUT2D eigenvalue weighted by molar-refractivity contribution is -0.121. The van der Waals surface area contributed by atoms with Crippen LogP contribution in [0.2, 0.25) is 0 Å². The van der Waals surface area contributed by atoms with E-state index in [1.807, 2.05) is 0 Å². The molecule has 0 aromatic rings. The maximum absolute atomic E-state index is 11.9. The first-order chi connectivity index (χ1) is 8.23. The second-order valence-electron chi connectivity index (χ2n) is 4.42. The fourth-order valence-electron chi connectivity index (χ4n) is 2.07. The van der Waals surface area contributed by atoms with Gasteiger partial charge in [-0.15, -0.1) is 0 Å². The van der Waals surface area contributed by atoms with Crippen molar-refractivity contribution in [2.75, 3.05) is 19.7 Å². The highest BCUT2D eigenvalue weighted by Gasteiger charge is 2.31. The molecule has 1 aliphatic carbocycles. The molecular weight excluding hydrogens is 273 g/mol. The Kier molecular flexibility index (Phi) is 5.38. The lowest BCUT2D eigenvalue weighted by Crippen LogP contribution is -2.43. The van der Waals surface area contributed by atoms with Crippen LogP contribution in [0.4, 0.5) is 13.2 Å². The molecule has 0 aliphatic heterocycles. The SMILES string of the molecule is O=S(=O)(NCC1CCCC1CO)NCC(F)(F)F. The van der Waals surface area contributed by atoms with Crippen LogP contribution in [0.5, 0.6) is 0 Å². The van der Waals surface area contributed by atoms with Gasteiger partial charge in [0.15, 0.2) is 0 Å². The van der Waals surface area contributed by atoms with Gasteiger partial charge in [-0.3, -0.25) is 0 Å². The number of aliphatic hydroxyl groups excluding tert-OH is 1. The maximum Gasteiger partial charge on any atom is 0.402 e. The average Bonchev–Trinajstić information content (AvgIpc) is 2.70. The van der Waals surface area contributed by atoms with Crippen LogP contribution in [-0.2, 0) is 10.2 Å². The highest BCUT2D eigenvalue weighted by molar-refractivity contribution is 7.87. The van der Waals surface area contributed by atoms with E-state index in [1.54, 1.807) is 0 Å². The van der Waals surface area contributed by atoms with Crippen molar-refractivity contribution < 1.29 is 26.7 Å². The summed E-state index contributed by atoms with van der Waals surface area (Å²) < 4.78 is 61.6. The molecule has 0 saturated heterocycles. The van der Waals surface area contributed by atoms with Crippen LogP contribution in [0.15, 0.2) is 0 Å². The molecule has 1 rings (SSSR count). The van der Waals surface area contributed by atoms with Crippen LogP contribution >= 0.6 is 0 Å². The standard InChI is InChI=1S/C9H17F3N2O3S/c10-9(11,12)6-14-18(16,17)13-4-7-2-1-3-8(7)5-15/h7-8,13-15H,1-6H2. The summed E-state index contributed by atoms with van der Waals surface area (Å²) >= 11 is 0. The number of hydrogen-bond acceptors (Lipinski definition) is 3. The van der Waals surface area contributed by atoms with E-state index in [9.17, 15) is 21.6 Å². The average molecular weight is 290 g/mol. The molecule has 5 nitrogen and oxygen atoms in total. The van der Waals surface area contributed by atoms with Gasteiger partial charge in [-0.2, -0.15) is 26.3 Å². The Bertz CT molecular complexity index is 359. The van der Waals surface area contributed by atoms with Gasteiger partial charge in [-0.05, 0) is 24.7 Å². The maximum atomic E-state index is 11.9. The zero-order valence-electron chi connectivity index (χ0n) is 9.70. The van der Waals surface area contributed by atoms with E-state index >= 15 is 0 Å². The van der Waals surface area contributed by atoms with Gasteiger partial charge >= 0.3 is 6.18 Å². The molecule has 0 bridgehead atoms. The molecule has 3 N–H and O–H groups in total. The molecule has 18 heavy (non-hydrogen) atoms. The number of aliphatic hydroxyl groups is 1. The van der Waals surface area contributed by atoms with Crippen LogP contribution in [0.25, 0.3) is 0 Å². The van der Waals surface area contributed by atoms with E-state index in [1.165, 1.54) is 4.72 Å². The highest BCUT2D eigenvalue weighted by atomic mass is 32.2. The predicted octanol–water partition coefficient (Wildman–Crippen LogP) is 0.381. The van der Waals surface area contributed by atoms with Crippen molar-refractivity contribution in [2.45, 2.75) is 25.4 Å². The predicted molar refractivity (Wildman–Crippen MR) is 58.9 cm³/mol. The fraction of sp³-hybridized carbons (Fsp3) is 1.00. The number of rotatable bonds is 6. The van der Waals surface area contributed by atoms with E-state index in [0.29, 0.717) is 0 Å². The van der Waals surface area contributed by atoms with Crippen molar-refractivity contribution in [3.63, 3.8) is 0 Å². The summed E-state index contributed by atoms with van der Waals surface area (Å²) in [4.78, 5) is 0. The minimum atomic E-state index is -4.57.